The Morgan fingerprint density at radius 1 is 1.14 bits per heavy atom. The average molecular weight is 548 g/mol. The molecule has 2 N–H and O–H groups in total. The first-order chi connectivity index (χ1) is 13.4. The molecule has 1 saturated heterocycles. The molecule has 0 unspecified atom stereocenters. The molecule has 0 amide bonds. The number of nitrogens with one attached hydrogen (secondary N) is 2. The average Bonchev–Trinajstić information content (AvgIpc) is 3.16. The number of likely N-dealkylation sites (N-methyl/N-ethyl adjacent to an activating group) is 1. The smallest absolute Gasteiger partial charge is 0.356 e. The second-order valence-corrected chi connectivity index (χ2v) is 7.73. The van der Waals surface area contributed by atoms with Gasteiger partial charge in [-0.15, -0.1) is 35.3 Å². The number of unbranched alkanes of at least 4 members (excludes halogenated alkanes) is 1. The van der Waals surface area contributed by atoms with E-state index in [2.05, 4.69) is 37.3 Å². The van der Waals surface area contributed by atoms with Gasteiger partial charge in [-0.25, -0.2) is 4.98 Å². The third-order valence-electron chi connectivity index (χ3n) is 4.80. The lowest BCUT2D eigenvalue weighted by Gasteiger charge is -2.34. The second-order valence-electron chi connectivity index (χ2n) is 6.78. The van der Waals surface area contributed by atoms with E-state index in [4.69, 9.17) is 0 Å². The van der Waals surface area contributed by atoms with E-state index in [1.807, 2.05) is 0 Å². The van der Waals surface area contributed by atoms with Crippen molar-refractivity contribution in [1.29, 1.82) is 0 Å². The topological polar surface area (TPSA) is 55.8 Å². The summed E-state index contributed by atoms with van der Waals surface area (Å²) in [5, 5.41) is 7.91. The van der Waals surface area contributed by atoms with Crippen LogP contribution in [0.4, 0.5) is 13.2 Å². The van der Waals surface area contributed by atoms with Gasteiger partial charge in [0.15, 0.2) is 11.7 Å². The molecule has 0 bridgehead atoms. The molecular formula is C18H32F3IN6S. The zero-order chi connectivity index (χ0) is 20.4. The number of nitrogens with zero attached hydrogens (tertiary/aromatic N) is 4. The van der Waals surface area contributed by atoms with E-state index in [0.717, 1.165) is 75.4 Å². The maximum atomic E-state index is 12.6. The molecule has 0 saturated carbocycles. The van der Waals surface area contributed by atoms with Gasteiger partial charge >= 0.3 is 6.18 Å². The molecule has 1 fully saturated rings. The van der Waals surface area contributed by atoms with Gasteiger partial charge in [0.1, 0.15) is 0 Å². The van der Waals surface area contributed by atoms with E-state index >= 15 is 0 Å². The van der Waals surface area contributed by atoms with Gasteiger partial charge in [-0.3, -0.25) is 4.99 Å². The Labute approximate surface area is 192 Å². The van der Waals surface area contributed by atoms with Crippen LogP contribution in [-0.4, -0.2) is 80.1 Å². The molecule has 6 nitrogen and oxygen atoms in total. The van der Waals surface area contributed by atoms with Crippen LogP contribution in [0.2, 0.25) is 0 Å². The number of piperazine rings is 1. The van der Waals surface area contributed by atoms with Crippen LogP contribution in [0.1, 0.15) is 30.5 Å². The maximum Gasteiger partial charge on any atom is 0.434 e. The Bertz CT molecular complexity index is 603. The van der Waals surface area contributed by atoms with Gasteiger partial charge in [-0.05, 0) is 25.9 Å². The summed E-state index contributed by atoms with van der Waals surface area (Å²) in [4.78, 5) is 12.8. The Balaban J connectivity index is 0.00000420. The van der Waals surface area contributed by atoms with Crippen molar-refractivity contribution < 1.29 is 13.2 Å². The van der Waals surface area contributed by atoms with Gasteiger partial charge in [-0.1, -0.05) is 6.92 Å². The number of rotatable bonds is 9. The molecule has 0 aliphatic carbocycles. The van der Waals surface area contributed by atoms with Gasteiger partial charge in [0.25, 0.3) is 0 Å². The molecule has 0 aromatic carbocycles. The lowest BCUT2D eigenvalue weighted by Crippen LogP contribution is -2.46. The summed E-state index contributed by atoms with van der Waals surface area (Å²) in [6.45, 7) is 10.4. The molecule has 0 spiro atoms. The minimum atomic E-state index is -4.37. The fourth-order valence-electron chi connectivity index (χ4n) is 3.06. The molecule has 1 aromatic rings. The zero-order valence-electron chi connectivity index (χ0n) is 17.1. The summed E-state index contributed by atoms with van der Waals surface area (Å²) in [6.07, 6.45) is -1.75. The molecule has 29 heavy (non-hydrogen) atoms. The van der Waals surface area contributed by atoms with Crippen molar-refractivity contribution in [2.24, 2.45) is 4.99 Å². The normalized spacial score (nSPS) is 16.5. The molecule has 0 atom stereocenters. The monoisotopic (exact) mass is 548 g/mol. The van der Waals surface area contributed by atoms with Gasteiger partial charge in [0.05, 0.1) is 5.01 Å². The van der Waals surface area contributed by atoms with Crippen molar-refractivity contribution in [1.82, 2.24) is 25.4 Å². The van der Waals surface area contributed by atoms with Crippen LogP contribution in [0.15, 0.2) is 10.4 Å². The summed E-state index contributed by atoms with van der Waals surface area (Å²) in [5.41, 5.74) is -0.814. The second kappa shape index (κ2) is 13.6. The summed E-state index contributed by atoms with van der Waals surface area (Å²) in [7, 11) is 1.69. The number of hydrogen-bond donors (Lipinski definition) is 2. The standard InChI is InChI=1S/C18H31F3N6S.HI/c1-3-26-10-12-27(13-11-26)9-5-4-7-23-17(22-2)24-8-6-16-25-15(14-28-16)18(19,20)21;/h14H,3-13H2,1-2H3,(H2,22,23,24);1H. The van der Waals surface area contributed by atoms with Crippen LogP contribution in [0.5, 0.6) is 0 Å². The van der Waals surface area contributed by atoms with Crippen molar-refractivity contribution in [3.63, 3.8) is 0 Å². The van der Waals surface area contributed by atoms with Crippen LogP contribution in [0, 0.1) is 0 Å². The third-order valence-corrected chi connectivity index (χ3v) is 5.71. The first kappa shape index (κ1) is 26.4. The summed E-state index contributed by atoms with van der Waals surface area (Å²) >= 11 is 1.04. The molecule has 11 heteroatoms. The number of hydrogen-bond acceptors (Lipinski definition) is 5. The van der Waals surface area contributed by atoms with E-state index in [1.54, 1.807) is 7.05 Å². The molecule has 1 aliphatic heterocycles. The molecule has 1 aliphatic rings. The van der Waals surface area contributed by atoms with Gasteiger partial charge in [0, 0.05) is 58.1 Å². The molecule has 2 heterocycles. The predicted octanol–water partition coefficient (Wildman–Crippen LogP) is 2.91. The zero-order valence-corrected chi connectivity index (χ0v) is 20.2. The van der Waals surface area contributed by atoms with Crippen LogP contribution < -0.4 is 10.6 Å². The van der Waals surface area contributed by atoms with Crippen LogP contribution in [-0.2, 0) is 12.6 Å². The first-order valence-corrected chi connectivity index (χ1v) is 10.7. The summed E-state index contributed by atoms with van der Waals surface area (Å²) in [6, 6.07) is 0. The van der Waals surface area contributed by atoms with E-state index in [9.17, 15) is 13.2 Å². The minimum Gasteiger partial charge on any atom is -0.356 e. The Morgan fingerprint density at radius 2 is 1.79 bits per heavy atom. The largest absolute Gasteiger partial charge is 0.434 e. The van der Waals surface area contributed by atoms with E-state index in [-0.39, 0.29) is 24.0 Å². The Hall–Kier alpha value is -0.660. The highest BCUT2D eigenvalue weighted by Gasteiger charge is 2.33. The van der Waals surface area contributed by atoms with Crippen LogP contribution in [0.3, 0.4) is 0 Å². The minimum absolute atomic E-state index is 0. The predicted molar refractivity (Wildman–Crippen MR) is 123 cm³/mol. The highest BCUT2D eigenvalue weighted by molar-refractivity contribution is 14.0. The van der Waals surface area contributed by atoms with Gasteiger partial charge in [0.2, 0.25) is 0 Å². The van der Waals surface area contributed by atoms with Crippen LogP contribution >= 0.6 is 35.3 Å². The van der Waals surface area contributed by atoms with Crippen molar-refractivity contribution in [3.8, 4) is 0 Å². The SMILES string of the molecule is CCN1CCN(CCCCNC(=NC)NCCc2nc(C(F)(F)F)cs2)CC1.I. The van der Waals surface area contributed by atoms with E-state index in [1.165, 1.54) is 0 Å². The Kier molecular flexibility index (Phi) is 12.4. The lowest BCUT2D eigenvalue weighted by molar-refractivity contribution is -0.140. The number of halogens is 4. The van der Waals surface area contributed by atoms with Crippen molar-refractivity contribution in [2.45, 2.75) is 32.4 Å². The molecule has 0 radical (unpaired) electrons. The maximum absolute atomic E-state index is 12.6. The number of alkyl halides is 3. The third kappa shape index (κ3) is 9.79. The fourth-order valence-corrected chi connectivity index (χ4v) is 3.87. The highest BCUT2D eigenvalue weighted by atomic mass is 127. The fraction of sp³-hybridized carbons (Fsp3) is 0.778. The number of guanidine groups is 1. The van der Waals surface area contributed by atoms with Crippen LogP contribution in [0.25, 0.3) is 0 Å². The first-order valence-electron chi connectivity index (χ1n) is 9.83. The van der Waals surface area contributed by atoms with Crippen molar-refractivity contribution in [2.75, 3.05) is 59.4 Å². The highest BCUT2D eigenvalue weighted by Crippen LogP contribution is 2.29. The number of thiazole rings is 1. The van der Waals surface area contributed by atoms with Crippen molar-refractivity contribution >= 4 is 41.3 Å². The molecule has 168 valence electrons. The summed E-state index contributed by atoms with van der Waals surface area (Å²) in [5.74, 6) is 0.671. The summed E-state index contributed by atoms with van der Waals surface area (Å²) < 4.78 is 37.7. The molecular weight excluding hydrogens is 516 g/mol. The van der Waals surface area contributed by atoms with Gasteiger partial charge in [-0.2, -0.15) is 13.2 Å². The lowest BCUT2D eigenvalue weighted by atomic mass is 10.2. The number of aliphatic imine (C=N–C) groups is 1. The Morgan fingerprint density at radius 3 is 2.38 bits per heavy atom. The molecule has 1 aromatic heterocycles. The van der Waals surface area contributed by atoms with E-state index < -0.39 is 11.9 Å². The van der Waals surface area contributed by atoms with Crippen molar-refractivity contribution in [3.05, 3.63) is 16.1 Å². The van der Waals surface area contributed by atoms with Gasteiger partial charge < -0.3 is 20.4 Å². The molecule has 2 rings (SSSR count). The van der Waals surface area contributed by atoms with E-state index in [0.29, 0.717) is 23.9 Å². The quantitative estimate of drug-likeness (QED) is 0.215. The number of aromatic nitrogens is 1.